The van der Waals surface area contributed by atoms with E-state index >= 15 is 0 Å². The minimum Gasteiger partial charge on any atom is -0.504 e. The van der Waals surface area contributed by atoms with Gasteiger partial charge in [-0.1, -0.05) is 11.8 Å². The Hall–Kier alpha value is -2.46. The van der Waals surface area contributed by atoms with Gasteiger partial charge in [0.15, 0.2) is 16.7 Å². The number of phenols is 2. The Morgan fingerprint density at radius 2 is 2.15 bits per heavy atom. The molecule has 2 aromatic rings. The molecule has 1 aromatic heterocycles. The quantitative estimate of drug-likeness (QED) is 0.606. The van der Waals surface area contributed by atoms with Gasteiger partial charge < -0.3 is 10.2 Å². The van der Waals surface area contributed by atoms with Crippen LogP contribution < -0.4 is 5.56 Å². The lowest BCUT2D eigenvalue weighted by atomic mass is 10.1. The molecule has 2 heterocycles. The summed E-state index contributed by atoms with van der Waals surface area (Å²) >= 11 is 1.45. The van der Waals surface area contributed by atoms with Crippen molar-refractivity contribution in [3.63, 3.8) is 0 Å². The summed E-state index contributed by atoms with van der Waals surface area (Å²) in [5.74, 6) is 0.165. The third-order valence-electron chi connectivity index (χ3n) is 3.04. The molecular formula is C13H9N3O3S. The maximum atomic E-state index is 12.2. The van der Waals surface area contributed by atoms with Crippen LogP contribution in [0.2, 0.25) is 0 Å². The standard InChI is InChI=1S/C13H9N3O3S/c14-6-8-11(7-1-2-9(17)10(18)5-7)15-13-16(12(8)19)3-4-20-13/h1-2,5,17-18H,3-4H2. The van der Waals surface area contributed by atoms with E-state index in [4.69, 9.17) is 0 Å². The Kier molecular flexibility index (Phi) is 2.88. The van der Waals surface area contributed by atoms with Crippen LogP contribution >= 0.6 is 11.8 Å². The number of nitriles is 1. The van der Waals surface area contributed by atoms with Crippen LogP contribution in [0.1, 0.15) is 5.56 Å². The molecule has 7 heteroatoms. The summed E-state index contributed by atoms with van der Waals surface area (Å²) in [6.45, 7) is 0.543. The van der Waals surface area contributed by atoms with E-state index in [2.05, 4.69) is 4.98 Å². The maximum absolute atomic E-state index is 12.2. The van der Waals surface area contributed by atoms with Gasteiger partial charge in [-0.15, -0.1) is 0 Å². The minimum atomic E-state index is -0.370. The van der Waals surface area contributed by atoms with Crippen LogP contribution in [-0.4, -0.2) is 25.5 Å². The molecule has 3 rings (SSSR count). The third kappa shape index (κ3) is 1.82. The number of hydrogen-bond acceptors (Lipinski definition) is 6. The van der Waals surface area contributed by atoms with Gasteiger partial charge in [-0.05, 0) is 18.2 Å². The van der Waals surface area contributed by atoms with Gasteiger partial charge in [-0.2, -0.15) is 5.26 Å². The molecule has 20 heavy (non-hydrogen) atoms. The highest BCUT2D eigenvalue weighted by molar-refractivity contribution is 7.99. The first-order chi connectivity index (χ1) is 9.61. The van der Waals surface area contributed by atoms with E-state index in [9.17, 15) is 20.3 Å². The van der Waals surface area contributed by atoms with Crippen molar-refractivity contribution in [3.8, 4) is 28.8 Å². The molecule has 1 aliphatic rings. The molecular weight excluding hydrogens is 278 g/mol. The highest BCUT2D eigenvalue weighted by atomic mass is 32.2. The maximum Gasteiger partial charge on any atom is 0.272 e. The summed E-state index contributed by atoms with van der Waals surface area (Å²) in [5.41, 5.74) is 0.227. The van der Waals surface area contributed by atoms with Crippen LogP contribution in [0.3, 0.4) is 0 Å². The third-order valence-corrected chi connectivity index (χ3v) is 4.00. The van der Waals surface area contributed by atoms with Crippen LogP contribution in [0.15, 0.2) is 28.2 Å². The molecule has 1 aromatic carbocycles. The van der Waals surface area contributed by atoms with Crippen LogP contribution in [0.4, 0.5) is 0 Å². The van der Waals surface area contributed by atoms with Gasteiger partial charge in [0.1, 0.15) is 11.6 Å². The van der Waals surface area contributed by atoms with Crippen LogP contribution in [0.5, 0.6) is 11.5 Å². The molecule has 0 unspecified atom stereocenters. The summed E-state index contributed by atoms with van der Waals surface area (Å²) in [6, 6.07) is 5.97. The van der Waals surface area contributed by atoms with Gasteiger partial charge in [0.25, 0.3) is 5.56 Å². The highest BCUT2D eigenvalue weighted by Crippen LogP contribution is 2.32. The molecule has 0 spiro atoms. The molecule has 6 nitrogen and oxygen atoms in total. The Morgan fingerprint density at radius 1 is 1.35 bits per heavy atom. The van der Waals surface area contributed by atoms with Crippen molar-refractivity contribution in [1.82, 2.24) is 9.55 Å². The van der Waals surface area contributed by atoms with Crippen molar-refractivity contribution in [2.24, 2.45) is 0 Å². The number of aromatic nitrogens is 2. The predicted molar refractivity (Wildman–Crippen MR) is 72.7 cm³/mol. The van der Waals surface area contributed by atoms with Crippen molar-refractivity contribution in [3.05, 3.63) is 34.1 Å². The first-order valence-corrected chi connectivity index (χ1v) is 6.80. The summed E-state index contributed by atoms with van der Waals surface area (Å²) < 4.78 is 1.48. The average Bonchev–Trinajstić information content (AvgIpc) is 2.90. The number of nitrogens with zero attached hydrogens (tertiary/aromatic N) is 3. The van der Waals surface area contributed by atoms with Gasteiger partial charge in [0, 0.05) is 17.9 Å². The van der Waals surface area contributed by atoms with Gasteiger partial charge in [0.05, 0.1) is 5.69 Å². The second-order valence-corrected chi connectivity index (χ2v) is 5.30. The van der Waals surface area contributed by atoms with Crippen molar-refractivity contribution in [1.29, 1.82) is 5.26 Å². The van der Waals surface area contributed by atoms with Crippen LogP contribution in [0.25, 0.3) is 11.3 Å². The zero-order valence-corrected chi connectivity index (χ0v) is 11.0. The van der Waals surface area contributed by atoms with Crippen molar-refractivity contribution < 1.29 is 10.2 Å². The molecule has 1 aliphatic heterocycles. The number of phenolic OH excluding ortho intramolecular Hbond substituents is 2. The molecule has 0 saturated carbocycles. The van der Waals surface area contributed by atoms with E-state index in [-0.39, 0.29) is 28.3 Å². The average molecular weight is 287 g/mol. The fraction of sp³-hybridized carbons (Fsp3) is 0.154. The van der Waals surface area contributed by atoms with Gasteiger partial charge >= 0.3 is 0 Å². The summed E-state index contributed by atoms with van der Waals surface area (Å²) in [7, 11) is 0. The number of aromatic hydroxyl groups is 2. The fourth-order valence-corrected chi connectivity index (χ4v) is 2.99. The van der Waals surface area contributed by atoms with Crippen molar-refractivity contribution in [2.75, 3.05) is 5.75 Å². The van der Waals surface area contributed by atoms with E-state index in [0.717, 1.165) is 5.75 Å². The lowest BCUT2D eigenvalue weighted by molar-refractivity contribution is 0.404. The molecule has 0 amide bonds. The Bertz CT molecular complexity index is 808. The number of thioether (sulfide) groups is 1. The summed E-state index contributed by atoms with van der Waals surface area (Å²) in [5, 5.41) is 28.6. The number of rotatable bonds is 1. The zero-order chi connectivity index (χ0) is 14.3. The Morgan fingerprint density at radius 3 is 2.85 bits per heavy atom. The molecule has 0 fully saturated rings. The van der Waals surface area contributed by atoms with Gasteiger partial charge in [-0.25, -0.2) is 4.98 Å². The van der Waals surface area contributed by atoms with Crippen molar-refractivity contribution in [2.45, 2.75) is 11.7 Å². The lowest BCUT2D eigenvalue weighted by Crippen LogP contribution is -2.24. The normalized spacial score (nSPS) is 12.9. The highest BCUT2D eigenvalue weighted by Gasteiger charge is 2.21. The largest absolute Gasteiger partial charge is 0.504 e. The molecule has 100 valence electrons. The Labute approximate surface area is 117 Å². The summed E-state index contributed by atoms with van der Waals surface area (Å²) in [4.78, 5) is 16.5. The number of benzene rings is 1. The SMILES string of the molecule is N#Cc1c(-c2ccc(O)c(O)c2)nc2n(c1=O)CCS2. The molecule has 2 N–H and O–H groups in total. The molecule has 0 radical (unpaired) electrons. The first-order valence-electron chi connectivity index (χ1n) is 5.82. The van der Waals surface area contributed by atoms with Crippen LogP contribution in [-0.2, 0) is 6.54 Å². The van der Waals surface area contributed by atoms with E-state index < -0.39 is 0 Å². The lowest BCUT2D eigenvalue weighted by Gasteiger charge is -2.08. The second-order valence-electron chi connectivity index (χ2n) is 4.24. The van der Waals surface area contributed by atoms with E-state index in [1.165, 1.54) is 34.5 Å². The molecule has 0 bridgehead atoms. The first kappa shape index (κ1) is 12.6. The minimum absolute atomic E-state index is 0.0543. The van der Waals surface area contributed by atoms with E-state index in [1.54, 1.807) is 0 Å². The number of fused-ring (bicyclic) bond motifs is 1. The van der Waals surface area contributed by atoms with Crippen LogP contribution in [0, 0.1) is 11.3 Å². The number of hydrogen-bond donors (Lipinski definition) is 2. The molecule has 0 aliphatic carbocycles. The van der Waals surface area contributed by atoms with E-state index in [1.807, 2.05) is 6.07 Å². The second kappa shape index (κ2) is 4.58. The topological polar surface area (TPSA) is 99.1 Å². The van der Waals surface area contributed by atoms with Crippen molar-refractivity contribution >= 4 is 11.8 Å². The molecule has 0 saturated heterocycles. The Balaban J connectivity index is 2.29. The zero-order valence-electron chi connectivity index (χ0n) is 10.2. The molecule has 0 atom stereocenters. The van der Waals surface area contributed by atoms with Gasteiger partial charge in [0.2, 0.25) is 0 Å². The van der Waals surface area contributed by atoms with Gasteiger partial charge in [-0.3, -0.25) is 9.36 Å². The summed E-state index contributed by atoms with van der Waals surface area (Å²) in [6.07, 6.45) is 0. The smallest absolute Gasteiger partial charge is 0.272 e. The van der Waals surface area contributed by atoms with E-state index in [0.29, 0.717) is 17.3 Å². The monoisotopic (exact) mass is 287 g/mol. The predicted octanol–water partition coefficient (Wildman–Crippen LogP) is 1.30. The fourth-order valence-electron chi connectivity index (χ4n) is 2.05.